The summed E-state index contributed by atoms with van der Waals surface area (Å²) in [6, 6.07) is 1.19. The van der Waals surface area contributed by atoms with Gasteiger partial charge in [-0.25, -0.2) is 4.39 Å². The second-order valence-corrected chi connectivity index (χ2v) is 4.03. The van der Waals surface area contributed by atoms with E-state index in [1.54, 1.807) is 0 Å². The molecule has 0 aromatic heterocycles. The average molecular weight is 242 g/mol. The Labute approximate surface area is 98.9 Å². The minimum atomic E-state index is -1.06. The summed E-state index contributed by atoms with van der Waals surface area (Å²) in [4.78, 5) is 0. The second kappa shape index (κ2) is 4.07. The minimum absolute atomic E-state index is 0.0163. The molecule has 0 radical (unpaired) electrons. The lowest BCUT2D eigenvalue weighted by atomic mass is 10.0. The quantitative estimate of drug-likeness (QED) is 0.875. The molecule has 2 rings (SSSR count). The van der Waals surface area contributed by atoms with Crippen LogP contribution in [0.2, 0.25) is 0 Å². The first-order valence-corrected chi connectivity index (χ1v) is 5.28. The summed E-state index contributed by atoms with van der Waals surface area (Å²) >= 11 is 0. The van der Waals surface area contributed by atoms with Gasteiger partial charge in [-0.3, -0.25) is 0 Å². The molecule has 1 aromatic rings. The van der Waals surface area contributed by atoms with Crippen molar-refractivity contribution >= 4 is 0 Å². The summed E-state index contributed by atoms with van der Waals surface area (Å²) in [7, 11) is 4.23. The lowest BCUT2D eigenvalue weighted by Crippen LogP contribution is -2.11. The van der Waals surface area contributed by atoms with E-state index >= 15 is 0 Å². The first-order chi connectivity index (χ1) is 8.07. The van der Waals surface area contributed by atoms with Gasteiger partial charge in [-0.15, -0.1) is 0 Å². The Hall–Kier alpha value is -1.49. The zero-order valence-electron chi connectivity index (χ0n) is 10.0. The van der Waals surface area contributed by atoms with Crippen LogP contribution in [-0.2, 0) is 5.60 Å². The van der Waals surface area contributed by atoms with Crippen molar-refractivity contribution in [1.82, 2.24) is 0 Å². The molecule has 0 unspecified atom stereocenters. The van der Waals surface area contributed by atoms with Crippen molar-refractivity contribution in [3.05, 3.63) is 17.4 Å². The van der Waals surface area contributed by atoms with E-state index in [9.17, 15) is 9.50 Å². The Balaban J connectivity index is 2.69. The summed E-state index contributed by atoms with van der Waals surface area (Å²) in [6.07, 6.45) is 1.12. The third kappa shape index (κ3) is 1.80. The van der Waals surface area contributed by atoms with Crippen LogP contribution in [0.5, 0.6) is 17.2 Å². The van der Waals surface area contributed by atoms with E-state index < -0.39 is 11.4 Å². The van der Waals surface area contributed by atoms with E-state index in [-0.39, 0.29) is 11.5 Å². The zero-order chi connectivity index (χ0) is 12.6. The molecule has 94 valence electrons. The Kier molecular flexibility index (Phi) is 2.87. The normalized spacial score (nSPS) is 16.5. The topological polar surface area (TPSA) is 47.9 Å². The van der Waals surface area contributed by atoms with Crippen LogP contribution < -0.4 is 14.2 Å². The van der Waals surface area contributed by atoms with Gasteiger partial charge < -0.3 is 19.3 Å². The van der Waals surface area contributed by atoms with E-state index in [0.29, 0.717) is 24.2 Å². The molecule has 0 aliphatic heterocycles. The molecular formula is C12H15FO4. The number of rotatable bonds is 4. The molecule has 0 atom stereocenters. The summed E-state index contributed by atoms with van der Waals surface area (Å²) in [5, 5.41) is 10.2. The summed E-state index contributed by atoms with van der Waals surface area (Å²) in [6.45, 7) is 0. The van der Waals surface area contributed by atoms with Gasteiger partial charge >= 0.3 is 0 Å². The number of ether oxygens (including phenoxy) is 3. The third-order valence-corrected chi connectivity index (χ3v) is 2.97. The van der Waals surface area contributed by atoms with E-state index in [0.717, 1.165) is 0 Å². The van der Waals surface area contributed by atoms with Crippen molar-refractivity contribution in [2.45, 2.75) is 18.4 Å². The van der Waals surface area contributed by atoms with Crippen LogP contribution >= 0.6 is 0 Å². The first kappa shape index (κ1) is 12.0. The fourth-order valence-corrected chi connectivity index (χ4v) is 1.94. The standard InChI is InChI=1S/C12H15FO4/c1-15-8-6-7(13)10(16-2)9(11(8)17-3)12(14)4-5-12/h6,14H,4-5H2,1-3H3. The molecule has 1 N–H and O–H groups in total. The van der Waals surface area contributed by atoms with E-state index in [4.69, 9.17) is 14.2 Å². The number of methoxy groups -OCH3 is 3. The average Bonchev–Trinajstić information content (AvgIpc) is 3.06. The summed E-state index contributed by atoms with van der Waals surface area (Å²) < 4.78 is 29.1. The van der Waals surface area contributed by atoms with Crippen molar-refractivity contribution in [2.24, 2.45) is 0 Å². The smallest absolute Gasteiger partial charge is 0.170 e. The lowest BCUT2D eigenvalue weighted by molar-refractivity contribution is 0.141. The maximum absolute atomic E-state index is 13.8. The summed E-state index contributed by atoms with van der Waals surface area (Å²) in [5.41, 5.74) is -0.731. The Morgan fingerprint density at radius 3 is 2.12 bits per heavy atom. The number of halogens is 1. The molecule has 1 fully saturated rings. The van der Waals surface area contributed by atoms with Gasteiger partial charge in [0.05, 0.1) is 32.5 Å². The van der Waals surface area contributed by atoms with Crippen LogP contribution in [0.3, 0.4) is 0 Å². The zero-order valence-corrected chi connectivity index (χ0v) is 10.0. The Morgan fingerprint density at radius 1 is 1.12 bits per heavy atom. The van der Waals surface area contributed by atoms with Crippen molar-refractivity contribution in [3.63, 3.8) is 0 Å². The van der Waals surface area contributed by atoms with Gasteiger partial charge in [0, 0.05) is 6.07 Å². The van der Waals surface area contributed by atoms with Crippen LogP contribution in [-0.4, -0.2) is 26.4 Å². The highest BCUT2D eigenvalue weighted by Gasteiger charge is 2.48. The van der Waals surface area contributed by atoms with Gasteiger partial charge in [0.1, 0.15) is 0 Å². The molecule has 0 amide bonds. The van der Waals surface area contributed by atoms with Gasteiger partial charge in [-0.05, 0) is 12.8 Å². The third-order valence-electron chi connectivity index (χ3n) is 2.97. The maximum atomic E-state index is 13.8. The monoisotopic (exact) mass is 242 g/mol. The van der Waals surface area contributed by atoms with Gasteiger partial charge in [0.25, 0.3) is 0 Å². The van der Waals surface area contributed by atoms with Crippen LogP contribution in [0.1, 0.15) is 18.4 Å². The van der Waals surface area contributed by atoms with Crippen LogP contribution in [0, 0.1) is 5.82 Å². The molecule has 1 aliphatic rings. The molecule has 0 saturated heterocycles. The van der Waals surface area contributed by atoms with Gasteiger partial charge in [-0.1, -0.05) is 0 Å². The van der Waals surface area contributed by atoms with E-state index in [1.807, 2.05) is 0 Å². The number of hydrogen-bond donors (Lipinski definition) is 1. The van der Waals surface area contributed by atoms with Gasteiger partial charge in [-0.2, -0.15) is 0 Å². The second-order valence-electron chi connectivity index (χ2n) is 4.03. The largest absolute Gasteiger partial charge is 0.493 e. The minimum Gasteiger partial charge on any atom is -0.493 e. The highest BCUT2D eigenvalue weighted by atomic mass is 19.1. The van der Waals surface area contributed by atoms with Crippen LogP contribution in [0.25, 0.3) is 0 Å². The van der Waals surface area contributed by atoms with E-state index in [2.05, 4.69) is 0 Å². The molecule has 0 spiro atoms. The molecule has 1 saturated carbocycles. The molecule has 1 aliphatic carbocycles. The highest BCUT2D eigenvalue weighted by molar-refractivity contribution is 5.58. The predicted molar refractivity (Wildman–Crippen MR) is 59.2 cm³/mol. The Morgan fingerprint density at radius 2 is 1.71 bits per heavy atom. The van der Waals surface area contributed by atoms with Gasteiger partial charge in [0.15, 0.2) is 23.1 Å². The summed E-state index contributed by atoms with van der Waals surface area (Å²) in [5.74, 6) is 0.0231. The highest BCUT2D eigenvalue weighted by Crippen LogP contribution is 2.55. The van der Waals surface area contributed by atoms with Crippen LogP contribution in [0.4, 0.5) is 4.39 Å². The Bertz CT molecular complexity index is 441. The molecule has 0 bridgehead atoms. The van der Waals surface area contributed by atoms with E-state index in [1.165, 1.54) is 27.4 Å². The molecule has 5 heteroatoms. The first-order valence-electron chi connectivity index (χ1n) is 5.28. The van der Waals surface area contributed by atoms with Crippen molar-refractivity contribution in [3.8, 4) is 17.2 Å². The number of aliphatic hydroxyl groups is 1. The van der Waals surface area contributed by atoms with Crippen molar-refractivity contribution < 1.29 is 23.7 Å². The van der Waals surface area contributed by atoms with Crippen molar-refractivity contribution in [1.29, 1.82) is 0 Å². The maximum Gasteiger partial charge on any atom is 0.170 e. The molecule has 4 nitrogen and oxygen atoms in total. The fraction of sp³-hybridized carbons (Fsp3) is 0.500. The molecule has 17 heavy (non-hydrogen) atoms. The predicted octanol–water partition coefficient (Wildman–Crippen LogP) is 1.83. The van der Waals surface area contributed by atoms with Gasteiger partial charge in [0.2, 0.25) is 0 Å². The molecule has 1 aromatic carbocycles. The molecule has 0 heterocycles. The lowest BCUT2D eigenvalue weighted by Gasteiger charge is -2.20. The number of benzene rings is 1. The SMILES string of the molecule is COc1cc(F)c(OC)c(C2(O)CC2)c1OC. The van der Waals surface area contributed by atoms with Crippen molar-refractivity contribution in [2.75, 3.05) is 21.3 Å². The molecular weight excluding hydrogens is 227 g/mol. The number of hydrogen-bond acceptors (Lipinski definition) is 4. The van der Waals surface area contributed by atoms with Crippen LogP contribution in [0.15, 0.2) is 6.07 Å². The fourth-order valence-electron chi connectivity index (χ4n) is 1.94.